The molecule has 0 saturated carbocycles. The lowest BCUT2D eigenvalue weighted by atomic mass is 10.2. The molecule has 1 heterocycles. The van der Waals surface area contributed by atoms with Crippen molar-refractivity contribution in [1.82, 2.24) is 4.57 Å². The molecule has 86 valence electrons. The molecule has 2 nitrogen and oxygen atoms in total. The van der Waals surface area contributed by atoms with Crippen LogP contribution in [0.3, 0.4) is 0 Å². The fourth-order valence-corrected chi connectivity index (χ4v) is 2.32. The molecule has 1 N–H and O–H groups in total. The van der Waals surface area contributed by atoms with E-state index in [1.807, 2.05) is 6.92 Å². The Bertz CT molecular complexity index is 521. The van der Waals surface area contributed by atoms with Crippen molar-refractivity contribution < 1.29 is 9.50 Å². The van der Waals surface area contributed by atoms with E-state index in [-0.39, 0.29) is 12.4 Å². The Hall–Kier alpha value is -1.06. The van der Waals surface area contributed by atoms with Crippen molar-refractivity contribution in [1.29, 1.82) is 0 Å². The Morgan fingerprint density at radius 3 is 2.81 bits per heavy atom. The zero-order valence-corrected chi connectivity index (χ0v) is 9.76. The van der Waals surface area contributed by atoms with Crippen LogP contribution in [0.1, 0.15) is 18.9 Å². The number of halogens is 2. The second-order valence-electron chi connectivity index (χ2n) is 3.72. The van der Waals surface area contributed by atoms with Crippen molar-refractivity contribution >= 4 is 22.5 Å². The number of aryl methyl sites for hydroxylation is 1. The van der Waals surface area contributed by atoms with Crippen LogP contribution < -0.4 is 0 Å². The van der Waals surface area contributed by atoms with E-state index in [2.05, 4.69) is 0 Å². The quantitative estimate of drug-likeness (QED) is 0.876. The Balaban J connectivity index is 2.81. The third-order valence-electron chi connectivity index (χ3n) is 2.67. The maximum absolute atomic E-state index is 13.7. The molecule has 2 aromatic rings. The predicted molar refractivity (Wildman–Crippen MR) is 63.1 cm³/mol. The van der Waals surface area contributed by atoms with Crippen molar-refractivity contribution in [2.75, 3.05) is 0 Å². The molecule has 0 amide bonds. The van der Waals surface area contributed by atoms with E-state index in [0.29, 0.717) is 28.2 Å². The molecule has 1 aromatic heterocycles. The number of para-hydroxylation sites is 1. The summed E-state index contributed by atoms with van der Waals surface area (Å²) < 4.78 is 15.5. The van der Waals surface area contributed by atoms with Gasteiger partial charge in [0.2, 0.25) is 0 Å². The summed E-state index contributed by atoms with van der Waals surface area (Å²) in [6.45, 7) is 2.48. The molecule has 0 aliphatic rings. The summed E-state index contributed by atoms with van der Waals surface area (Å²) in [6.07, 6.45) is 0.864. The topological polar surface area (TPSA) is 25.2 Å². The third kappa shape index (κ3) is 1.60. The minimum atomic E-state index is -0.299. The van der Waals surface area contributed by atoms with Gasteiger partial charge in [-0.25, -0.2) is 4.39 Å². The van der Waals surface area contributed by atoms with E-state index < -0.39 is 0 Å². The number of hydrogen-bond acceptors (Lipinski definition) is 1. The van der Waals surface area contributed by atoms with Gasteiger partial charge in [0, 0.05) is 17.5 Å². The fraction of sp³-hybridized carbons (Fsp3) is 0.333. The molecule has 2 rings (SSSR count). The number of benzene rings is 1. The summed E-state index contributed by atoms with van der Waals surface area (Å²) >= 11 is 6.14. The first-order valence-electron chi connectivity index (χ1n) is 5.26. The number of nitrogens with zero attached hydrogens (tertiary/aromatic N) is 1. The highest BCUT2D eigenvalue weighted by atomic mass is 35.5. The van der Waals surface area contributed by atoms with Crippen molar-refractivity contribution in [3.63, 3.8) is 0 Å². The molecular weight excluding hydrogens is 229 g/mol. The third-order valence-corrected chi connectivity index (χ3v) is 3.11. The standard InChI is InChI=1S/C12H13ClFNO/c1-2-6-15-11-8(4-3-5-10(11)14)9(7-16)12(15)13/h3-5,16H,2,6-7H2,1H3. The molecule has 0 aliphatic carbocycles. The maximum Gasteiger partial charge on any atom is 0.147 e. The van der Waals surface area contributed by atoms with Gasteiger partial charge in [-0.1, -0.05) is 30.7 Å². The fourth-order valence-electron chi connectivity index (χ4n) is 1.99. The first-order valence-corrected chi connectivity index (χ1v) is 5.64. The second kappa shape index (κ2) is 4.44. The summed E-state index contributed by atoms with van der Waals surface area (Å²) in [6, 6.07) is 4.82. The van der Waals surface area contributed by atoms with Gasteiger partial charge in [0.1, 0.15) is 11.0 Å². The molecule has 0 unspecified atom stereocenters. The Morgan fingerprint density at radius 1 is 1.44 bits per heavy atom. The van der Waals surface area contributed by atoms with Gasteiger partial charge in [0.05, 0.1) is 12.1 Å². The normalized spacial score (nSPS) is 11.2. The summed E-state index contributed by atoms with van der Waals surface area (Å²) in [5.41, 5.74) is 1.09. The van der Waals surface area contributed by atoms with E-state index in [1.165, 1.54) is 6.07 Å². The highest BCUT2D eigenvalue weighted by Gasteiger charge is 2.16. The van der Waals surface area contributed by atoms with Gasteiger partial charge in [0.15, 0.2) is 0 Å². The summed E-state index contributed by atoms with van der Waals surface area (Å²) in [4.78, 5) is 0. The Morgan fingerprint density at radius 2 is 2.19 bits per heavy atom. The molecule has 0 radical (unpaired) electrons. The first kappa shape index (κ1) is 11.4. The zero-order chi connectivity index (χ0) is 11.7. The number of aliphatic hydroxyl groups excluding tert-OH is 1. The van der Waals surface area contributed by atoms with Gasteiger partial charge >= 0.3 is 0 Å². The molecule has 0 aliphatic heterocycles. The van der Waals surface area contributed by atoms with Crippen molar-refractivity contribution in [3.8, 4) is 0 Å². The lowest BCUT2D eigenvalue weighted by molar-refractivity contribution is 0.283. The Labute approximate surface area is 98.3 Å². The van der Waals surface area contributed by atoms with Crippen LogP contribution in [0.15, 0.2) is 18.2 Å². The van der Waals surface area contributed by atoms with Crippen LogP contribution >= 0.6 is 11.6 Å². The second-order valence-corrected chi connectivity index (χ2v) is 4.07. The lowest BCUT2D eigenvalue weighted by Crippen LogP contribution is -1.98. The summed E-state index contributed by atoms with van der Waals surface area (Å²) in [5, 5.41) is 10.4. The van der Waals surface area contributed by atoms with Crippen LogP contribution in [-0.2, 0) is 13.2 Å². The van der Waals surface area contributed by atoms with Gasteiger partial charge < -0.3 is 9.67 Å². The first-order chi connectivity index (χ1) is 7.70. The molecule has 0 spiro atoms. The molecule has 0 atom stereocenters. The smallest absolute Gasteiger partial charge is 0.147 e. The summed E-state index contributed by atoms with van der Waals surface area (Å²) in [5.74, 6) is -0.299. The molecule has 0 fully saturated rings. The Kier molecular flexibility index (Phi) is 3.17. The lowest BCUT2D eigenvalue weighted by Gasteiger charge is -2.05. The van der Waals surface area contributed by atoms with E-state index in [9.17, 15) is 9.50 Å². The maximum atomic E-state index is 13.7. The number of aliphatic hydroxyl groups is 1. The van der Waals surface area contributed by atoms with Crippen LogP contribution in [0.25, 0.3) is 10.9 Å². The SMILES string of the molecule is CCCn1c(Cl)c(CO)c2cccc(F)c21. The molecule has 1 aromatic carbocycles. The highest BCUT2D eigenvalue weighted by Crippen LogP contribution is 2.31. The largest absolute Gasteiger partial charge is 0.392 e. The number of aromatic nitrogens is 1. The molecule has 16 heavy (non-hydrogen) atoms. The zero-order valence-electron chi connectivity index (χ0n) is 9.00. The van der Waals surface area contributed by atoms with Crippen molar-refractivity contribution in [2.45, 2.75) is 26.5 Å². The average Bonchev–Trinajstić information content (AvgIpc) is 2.54. The van der Waals surface area contributed by atoms with Gasteiger partial charge in [-0.3, -0.25) is 0 Å². The van der Waals surface area contributed by atoms with Crippen molar-refractivity contribution in [3.05, 3.63) is 34.7 Å². The molecule has 0 saturated heterocycles. The predicted octanol–water partition coefficient (Wildman–Crippen LogP) is 3.34. The van der Waals surface area contributed by atoms with E-state index in [4.69, 9.17) is 11.6 Å². The van der Waals surface area contributed by atoms with E-state index in [1.54, 1.807) is 16.7 Å². The van der Waals surface area contributed by atoms with Crippen molar-refractivity contribution in [2.24, 2.45) is 0 Å². The average molecular weight is 242 g/mol. The highest BCUT2D eigenvalue weighted by molar-refractivity contribution is 6.32. The van der Waals surface area contributed by atoms with Gasteiger partial charge in [0.25, 0.3) is 0 Å². The van der Waals surface area contributed by atoms with Crippen LogP contribution in [0.5, 0.6) is 0 Å². The minimum absolute atomic E-state index is 0.171. The monoisotopic (exact) mass is 241 g/mol. The molecule has 0 bridgehead atoms. The van der Waals surface area contributed by atoms with Gasteiger partial charge in [-0.15, -0.1) is 0 Å². The van der Waals surface area contributed by atoms with Crippen LogP contribution in [0.2, 0.25) is 5.15 Å². The molecular formula is C12H13ClFNO. The summed E-state index contributed by atoms with van der Waals surface area (Å²) in [7, 11) is 0. The van der Waals surface area contributed by atoms with Gasteiger partial charge in [-0.05, 0) is 12.5 Å². The molecule has 4 heteroatoms. The van der Waals surface area contributed by atoms with E-state index in [0.717, 1.165) is 6.42 Å². The van der Waals surface area contributed by atoms with Crippen LogP contribution in [0.4, 0.5) is 4.39 Å². The van der Waals surface area contributed by atoms with E-state index >= 15 is 0 Å². The van der Waals surface area contributed by atoms with Gasteiger partial charge in [-0.2, -0.15) is 0 Å². The van der Waals surface area contributed by atoms with Crippen LogP contribution in [0, 0.1) is 5.82 Å². The van der Waals surface area contributed by atoms with Crippen LogP contribution in [-0.4, -0.2) is 9.67 Å². The number of hydrogen-bond donors (Lipinski definition) is 1. The minimum Gasteiger partial charge on any atom is -0.392 e. The number of fused-ring (bicyclic) bond motifs is 1. The number of rotatable bonds is 3.